The van der Waals surface area contributed by atoms with Crippen molar-refractivity contribution in [3.05, 3.63) is 51.6 Å². The third kappa shape index (κ3) is 4.59. The minimum Gasteiger partial charge on any atom is -0.383 e. The largest absolute Gasteiger partial charge is 0.383 e. The predicted octanol–water partition coefficient (Wildman–Crippen LogP) is 2.27. The average molecular weight is 371 g/mol. The highest BCUT2D eigenvalue weighted by atomic mass is 127. The maximum absolute atomic E-state index is 5.01. The number of hydrogen-bond acceptors (Lipinski definition) is 3. The maximum Gasteiger partial charge on any atom is 0.122 e. The summed E-state index contributed by atoms with van der Waals surface area (Å²) in [5, 5.41) is 3.31. The standard InChI is InChI=1S/C14H18IN3O/c1-19-9-7-16-10-14-17-6-8-18(14)11-12-2-4-13(15)5-3-12/h2-6,8,16H,7,9-11H2,1H3. The molecule has 2 aromatic rings. The number of halogens is 1. The van der Waals surface area contributed by atoms with Gasteiger partial charge in [0.15, 0.2) is 0 Å². The Morgan fingerprint density at radius 2 is 2.11 bits per heavy atom. The SMILES string of the molecule is COCCNCc1nccn1Cc1ccc(I)cc1. The summed E-state index contributed by atoms with van der Waals surface area (Å²) in [6.07, 6.45) is 3.87. The summed E-state index contributed by atoms with van der Waals surface area (Å²) < 4.78 is 8.43. The molecule has 0 aliphatic carbocycles. The molecule has 0 unspecified atom stereocenters. The molecule has 0 saturated heterocycles. The summed E-state index contributed by atoms with van der Waals surface area (Å²) >= 11 is 2.32. The Balaban J connectivity index is 1.93. The number of imidazole rings is 1. The van der Waals surface area contributed by atoms with E-state index >= 15 is 0 Å². The molecule has 5 heteroatoms. The second kappa shape index (κ2) is 7.62. The average Bonchev–Trinajstić information content (AvgIpc) is 2.85. The van der Waals surface area contributed by atoms with Crippen LogP contribution in [0.2, 0.25) is 0 Å². The Kier molecular flexibility index (Phi) is 5.81. The molecule has 1 aromatic heterocycles. The monoisotopic (exact) mass is 371 g/mol. The lowest BCUT2D eigenvalue weighted by Crippen LogP contribution is -2.21. The van der Waals surface area contributed by atoms with Crippen LogP contribution >= 0.6 is 22.6 Å². The van der Waals surface area contributed by atoms with E-state index in [1.54, 1.807) is 7.11 Å². The third-order valence-electron chi connectivity index (χ3n) is 2.83. The van der Waals surface area contributed by atoms with Gasteiger partial charge in [-0.15, -0.1) is 0 Å². The molecule has 2 rings (SSSR count). The van der Waals surface area contributed by atoms with Crippen molar-refractivity contribution in [1.29, 1.82) is 0 Å². The van der Waals surface area contributed by atoms with Crippen molar-refractivity contribution in [1.82, 2.24) is 14.9 Å². The van der Waals surface area contributed by atoms with Gasteiger partial charge in [-0.25, -0.2) is 4.98 Å². The molecule has 0 aliphatic heterocycles. The van der Waals surface area contributed by atoms with Crippen LogP contribution < -0.4 is 5.32 Å². The minimum atomic E-state index is 0.720. The van der Waals surface area contributed by atoms with Gasteiger partial charge in [0.05, 0.1) is 13.2 Å². The van der Waals surface area contributed by atoms with Gasteiger partial charge in [-0.3, -0.25) is 0 Å². The fourth-order valence-corrected chi connectivity index (χ4v) is 2.17. The highest BCUT2D eigenvalue weighted by molar-refractivity contribution is 14.1. The van der Waals surface area contributed by atoms with Crippen molar-refractivity contribution >= 4 is 22.6 Å². The normalized spacial score (nSPS) is 10.8. The van der Waals surface area contributed by atoms with Crippen LogP contribution in [0.4, 0.5) is 0 Å². The molecule has 1 heterocycles. The highest BCUT2D eigenvalue weighted by Crippen LogP contribution is 2.09. The first-order valence-electron chi connectivity index (χ1n) is 6.23. The summed E-state index contributed by atoms with van der Waals surface area (Å²) in [5.74, 6) is 1.05. The van der Waals surface area contributed by atoms with E-state index in [0.717, 1.165) is 32.1 Å². The predicted molar refractivity (Wildman–Crippen MR) is 84.1 cm³/mol. The second-order valence-corrected chi connectivity index (χ2v) is 5.51. The molecule has 0 aliphatic rings. The van der Waals surface area contributed by atoms with Crippen LogP contribution in [0.25, 0.3) is 0 Å². The summed E-state index contributed by atoms with van der Waals surface area (Å²) in [6, 6.07) is 8.57. The van der Waals surface area contributed by atoms with E-state index < -0.39 is 0 Å². The van der Waals surface area contributed by atoms with E-state index in [9.17, 15) is 0 Å². The van der Waals surface area contributed by atoms with E-state index in [1.165, 1.54) is 9.13 Å². The van der Waals surface area contributed by atoms with E-state index in [2.05, 4.69) is 61.7 Å². The van der Waals surface area contributed by atoms with Crippen LogP contribution in [0.3, 0.4) is 0 Å². The van der Waals surface area contributed by atoms with Crippen LogP contribution in [0.15, 0.2) is 36.7 Å². The molecule has 0 bridgehead atoms. The summed E-state index contributed by atoms with van der Waals surface area (Å²) in [5.41, 5.74) is 1.29. The quantitative estimate of drug-likeness (QED) is 0.600. The summed E-state index contributed by atoms with van der Waals surface area (Å²) in [7, 11) is 1.71. The van der Waals surface area contributed by atoms with Gasteiger partial charge in [0.2, 0.25) is 0 Å². The number of nitrogens with one attached hydrogen (secondary N) is 1. The van der Waals surface area contributed by atoms with Gasteiger partial charge < -0.3 is 14.6 Å². The number of nitrogens with zero attached hydrogens (tertiary/aromatic N) is 2. The summed E-state index contributed by atoms with van der Waals surface area (Å²) in [6.45, 7) is 3.18. The number of methoxy groups -OCH3 is 1. The van der Waals surface area contributed by atoms with Crippen molar-refractivity contribution in [2.45, 2.75) is 13.1 Å². The van der Waals surface area contributed by atoms with Gasteiger partial charge in [-0.1, -0.05) is 12.1 Å². The van der Waals surface area contributed by atoms with Crippen molar-refractivity contribution < 1.29 is 4.74 Å². The lowest BCUT2D eigenvalue weighted by Gasteiger charge is -2.09. The first kappa shape index (κ1) is 14.5. The van der Waals surface area contributed by atoms with Gasteiger partial charge in [0.25, 0.3) is 0 Å². The van der Waals surface area contributed by atoms with Gasteiger partial charge >= 0.3 is 0 Å². The third-order valence-corrected chi connectivity index (χ3v) is 3.55. The lowest BCUT2D eigenvalue weighted by atomic mass is 10.2. The topological polar surface area (TPSA) is 39.1 Å². The molecule has 1 N–H and O–H groups in total. The number of hydrogen-bond donors (Lipinski definition) is 1. The van der Waals surface area contributed by atoms with Crippen LogP contribution in [0.5, 0.6) is 0 Å². The van der Waals surface area contributed by atoms with E-state index in [4.69, 9.17) is 4.74 Å². The molecule has 102 valence electrons. The van der Waals surface area contributed by atoms with Crippen molar-refractivity contribution in [3.8, 4) is 0 Å². The zero-order chi connectivity index (χ0) is 13.5. The minimum absolute atomic E-state index is 0.720. The van der Waals surface area contributed by atoms with Gasteiger partial charge in [0, 0.05) is 36.2 Å². The fraction of sp³-hybridized carbons (Fsp3) is 0.357. The molecule has 0 fully saturated rings. The Morgan fingerprint density at radius 3 is 2.84 bits per heavy atom. The van der Waals surface area contributed by atoms with E-state index in [0.29, 0.717) is 0 Å². The van der Waals surface area contributed by atoms with Crippen LogP contribution in [-0.2, 0) is 17.8 Å². The van der Waals surface area contributed by atoms with Gasteiger partial charge in [-0.05, 0) is 40.3 Å². The first-order valence-corrected chi connectivity index (χ1v) is 7.31. The molecular weight excluding hydrogens is 353 g/mol. The Bertz CT molecular complexity index is 496. The number of ether oxygens (including phenoxy) is 1. The molecular formula is C14H18IN3O. The van der Waals surface area contributed by atoms with E-state index in [1.807, 2.05) is 12.4 Å². The molecule has 0 spiro atoms. The van der Waals surface area contributed by atoms with Crippen molar-refractivity contribution in [2.24, 2.45) is 0 Å². The highest BCUT2D eigenvalue weighted by Gasteiger charge is 2.03. The Labute approximate surface area is 127 Å². The molecule has 0 amide bonds. The van der Waals surface area contributed by atoms with E-state index in [-0.39, 0.29) is 0 Å². The van der Waals surface area contributed by atoms with Crippen molar-refractivity contribution in [2.75, 3.05) is 20.3 Å². The van der Waals surface area contributed by atoms with Gasteiger partial charge in [0.1, 0.15) is 5.82 Å². The van der Waals surface area contributed by atoms with Crippen LogP contribution in [-0.4, -0.2) is 29.8 Å². The molecule has 0 radical (unpaired) electrons. The maximum atomic E-state index is 5.01. The Hall–Kier alpha value is -0.920. The smallest absolute Gasteiger partial charge is 0.122 e. The number of rotatable bonds is 7. The number of aromatic nitrogens is 2. The molecule has 0 atom stereocenters. The van der Waals surface area contributed by atoms with Crippen LogP contribution in [0, 0.1) is 3.57 Å². The first-order chi connectivity index (χ1) is 9.29. The molecule has 4 nitrogen and oxygen atoms in total. The number of benzene rings is 1. The molecule has 19 heavy (non-hydrogen) atoms. The zero-order valence-corrected chi connectivity index (χ0v) is 13.1. The second-order valence-electron chi connectivity index (χ2n) is 4.27. The lowest BCUT2D eigenvalue weighted by molar-refractivity contribution is 0.199. The van der Waals surface area contributed by atoms with Crippen molar-refractivity contribution in [3.63, 3.8) is 0 Å². The van der Waals surface area contributed by atoms with Crippen LogP contribution in [0.1, 0.15) is 11.4 Å². The molecule has 1 aromatic carbocycles. The Morgan fingerprint density at radius 1 is 1.32 bits per heavy atom. The van der Waals surface area contributed by atoms with Gasteiger partial charge in [-0.2, -0.15) is 0 Å². The fourth-order valence-electron chi connectivity index (χ4n) is 1.81. The summed E-state index contributed by atoms with van der Waals surface area (Å²) in [4.78, 5) is 4.39. The molecule has 0 saturated carbocycles. The zero-order valence-electron chi connectivity index (χ0n) is 11.0.